The first-order valence-corrected chi connectivity index (χ1v) is 9.15. The van der Waals surface area contributed by atoms with Crippen molar-refractivity contribution in [3.8, 4) is 5.75 Å². The molecule has 0 spiro atoms. The van der Waals surface area contributed by atoms with Crippen molar-refractivity contribution in [2.24, 2.45) is 0 Å². The van der Waals surface area contributed by atoms with E-state index in [2.05, 4.69) is 11.9 Å². The third-order valence-electron chi connectivity index (χ3n) is 5.01. The summed E-state index contributed by atoms with van der Waals surface area (Å²) in [6.45, 7) is 2.05. The Morgan fingerprint density at radius 1 is 1.22 bits per heavy atom. The van der Waals surface area contributed by atoms with Crippen molar-refractivity contribution < 1.29 is 9.84 Å². The number of aryl methyl sites for hydroxylation is 1. The van der Waals surface area contributed by atoms with Crippen LogP contribution in [0.1, 0.15) is 87.6 Å². The summed E-state index contributed by atoms with van der Waals surface area (Å²) in [4.78, 5) is 16.0. The topological polar surface area (TPSA) is 62.3 Å². The molecular formula is C19H31NO3. The van der Waals surface area contributed by atoms with Crippen LogP contribution in [0.25, 0.3) is 0 Å². The molecule has 0 aromatic carbocycles. The van der Waals surface area contributed by atoms with Gasteiger partial charge in [-0.3, -0.25) is 4.79 Å². The van der Waals surface area contributed by atoms with Crippen molar-refractivity contribution in [3.05, 3.63) is 27.2 Å². The molecule has 0 amide bonds. The number of pyridine rings is 1. The fourth-order valence-electron chi connectivity index (χ4n) is 3.79. The van der Waals surface area contributed by atoms with E-state index in [0.29, 0.717) is 17.4 Å². The minimum Gasteiger partial charge on any atom is -0.491 e. The van der Waals surface area contributed by atoms with E-state index >= 15 is 0 Å². The van der Waals surface area contributed by atoms with Crippen LogP contribution in [0.5, 0.6) is 5.75 Å². The van der Waals surface area contributed by atoms with Crippen LogP contribution in [0, 0.1) is 0 Å². The lowest BCUT2D eigenvalue weighted by atomic mass is 9.81. The van der Waals surface area contributed by atoms with Crippen molar-refractivity contribution in [1.29, 1.82) is 0 Å². The Kier molecular flexibility index (Phi) is 7.15. The Balaban J connectivity index is 2.07. The molecule has 2 rings (SSSR count). The zero-order valence-corrected chi connectivity index (χ0v) is 14.6. The molecule has 0 fully saturated rings. The zero-order valence-electron chi connectivity index (χ0n) is 14.6. The van der Waals surface area contributed by atoms with Crippen LogP contribution in [-0.4, -0.2) is 17.2 Å². The number of aliphatic hydroxyl groups is 1. The summed E-state index contributed by atoms with van der Waals surface area (Å²) in [5, 5.41) is 9.44. The van der Waals surface area contributed by atoms with Crippen molar-refractivity contribution >= 4 is 0 Å². The van der Waals surface area contributed by atoms with Gasteiger partial charge in [-0.2, -0.15) is 0 Å². The number of aliphatic hydroxyl groups excluding tert-OH is 1. The second-order valence-electron chi connectivity index (χ2n) is 6.66. The van der Waals surface area contributed by atoms with Crippen LogP contribution in [0.2, 0.25) is 0 Å². The standard InChI is InChI=1S/C19H31NO3/c1-3-4-5-6-7-8-10-14-11-9-12-15-17(14)18(22)19(23-2)16(13-21)20-15/h14,21H,3-13H2,1-2H3,(H,20,22)/t14-/m0/s1. The minimum atomic E-state index is -0.187. The quantitative estimate of drug-likeness (QED) is 0.675. The minimum absolute atomic E-state index is 0.0130. The molecule has 1 aliphatic carbocycles. The third-order valence-corrected chi connectivity index (χ3v) is 5.01. The molecule has 1 heterocycles. The largest absolute Gasteiger partial charge is 0.491 e. The lowest BCUT2D eigenvalue weighted by Gasteiger charge is -2.26. The molecule has 1 aromatic rings. The normalized spacial score (nSPS) is 17.1. The smallest absolute Gasteiger partial charge is 0.227 e. The van der Waals surface area contributed by atoms with Gasteiger partial charge in [0.2, 0.25) is 5.43 Å². The van der Waals surface area contributed by atoms with Crippen molar-refractivity contribution in [2.75, 3.05) is 7.11 Å². The summed E-state index contributed by atoms with van der Waals surface area (Å²) < 4.78 is 5.25. The van der Waals surface area contributed by atoms with Crippen LogP contribution in [0.4, 0.5) is 0 Å². The number of H-pyrrole nitrogens is 1. The molecule has 0 bridgehead atoms. The van der Waals surface area contributed by atoms with Crippen LogP contribution >= 0.6 is 0 Å². The molecule has 4 heteroatoms. The maximum atomic E-state index is 12.8. The molecule has 23 heavy (non-hydrogen) atoms. The number of aromatic nitrogens is 1. The molecule has 1 atom stereocenters. The van der Waals surface area contributed by atoms with Gasteiger partial charge in [0.15, 0.2) is 5.75 Å². The number of unbranched alkanes of at least 4 members (excludes halogenated alkanes) is 5. The predicted octanol–water partition coefficient (Wildman–Crippen LogP) is 4.05. The summed E-state index contributed by atoms with van der Waals surface area (Å²) in [6, 6.07) is 0. The van der Waals surface area contributed by atoms with E-state index in [0.717, 1.165) is 36.9 Å². The fourth-order valence-corrected chi connectivity index (χ4v) is 3.79. The van der Waals surface area contributed by atoms with Gasteiger partial charge in [0.05, 0.1) is 19.4 Å². The van der Waals surface area contributed by atoms with E-state index in [1.54, 1.807) is 0 Å². The number of fused-ring (bicyclic) bond motifs is 1. The van der Waals surface area contributed by atoms with Gasteiger partial charge in [0.25, 0.3) is 0 Å². The average molecular weight is 321 g/mol. The van der Waals surface area contributed by atoms with Gasteiger partial charge in [0.1, 0.15) is 0 Å². The fraction of sp³-hybridized carbons (Fsp3) is 0.737. The Morgan fingerprint density at radius 2 is 1.96 bits per heavy atom. The molecule has 1 aliphatic rings. The number of nitrogens with one attached hydrogen (secondary N) is 1. The van der Waals surface area contributed by atoms with Crippen LogP contribution in [0.3, 0.4) is 0 Å². The number of methoxy groups -OCH3 is 1. The molecule has 4 nitrogen and oxygen atoms in total. The second kappa shape index (κ2) is 9.11. The highest BCUT2D eigenvalue weighted by atomic mass is 16.5. The number of rotatable bonds is 9. The molecule has 0 unspecified atom stereocenters. The summed E-state index contributed by atoms with van der Waals surface area (Å²) in [7, 11) is 1.50. The average Bonchev–Trinajstić information content (AvgIpc) is 2.57. The Hall–Kier alpha value is -1.29. The monoisotopic (exact) mass is 321 g/mol. The highest BCUT2D eigenvalue weighted by Crippen LogP contribution is 2.34. The first-order valence-electron chi connectivity index (χ1n) is 9.15. The second-order valence-corrected chi connectivity index (χ2v) is 6.66. The Morgan fingerprint density at radius 3 is 2.65 bits per heavy atom. The van der Waals surface area contributed by atoms with Crippen molar-refractivity contribution in [1.82, 2.24) is 4.98 Å². The van der Waals surface area contributed by atoms with Gasteiger partial charge in [0, 0.05) is 11.3 Å². The van der Waals surface area contributed by atoms with Crippen molar-refractivity contribution in [2.45, 2.75) is 83.7 Å². The summed E-state index contributed by atoms with van der Waals surface area (Å²) in [5.74, 6) is 0.636. The van der Waals surface area contributed by atoms with Crippen LogP contribution < -0.4 is 10.2 Å². The lowest BCUT2D eigenvalue weighted by Crippen LogP contribution is -2.25. The lowest BCUT2D eigenvalue weighted by molar-refractivity contribution is 0.266. The Labute approximate surface area is 139 Å². The molecular weight excluding hydrogens is 290 g/mol. The number of hydrogen-bond donors (Lipinski definition) is 2. The maximum absolute atomic E-state index is 12.8. The molecule has 0 radical (unpaired) electrons. The van der Waals surface area contributed by atoms with E-state index in [1.807, 2.05) is 0 Å². The molecule has 1 aromatic heterocycles. The first kappa shape index (κ1) is 18.1. The molecule has 2 N–H and O–H groups in total. The molecule has 0 saturated carbocycles. The predicted molar refractivity (Wildman–Crippen MR) is 93.2 cm³/mol. The maximum Gasteiger partial charge on any atom is 0.227 e. The van der Waals surface area contributed by atoms with E-state index in [-0.39, 0.29) is 12.0 Å². The van der Waals surface area contributed by atoms with Crippen LogP contribution in [0.15, 0.2) is 4.79 Å². The first-order chi connectivity index (χ1) is 11.2. The van der Waals surface area contributed by atoms with E-state index in [1.165, 1.54) is 45.6 Å². The van der Waals surface area contributed by atoms with E-state index in [4.69, 9.17) is 4.74 Å². The highest BCUT2D eigenvalue weighted by Gasteiger charge is 2.26. The zero-order chi connectivity index (χ0) is 16.7. The van der Waals surface area contributed by atoms with Gasteiger partial charge in [-0.25, -0.2) is 0 Å². The Bertz CT molecular complexity index is 550. The van der Waals surface area contributed by atoms with E-state index < -0.39 is 0 Å². The van der Waals surface area contributed by atoms with Gasteiger partial charge < -0.3 is 14.8 Å². The molecule has 130 valence electrons. The van der Waals surface area contributed by atoms with Crippen molar-refractivity contribution in [3.63, 3.8) is 0 Å². The van der Waals surface area contributed by atoms with Gasteiger partial charge in [-0.15, -0.1) is 0 Å². The van der Waals surface area contributed by atoms with Gasteiger partial charge in [-0.05, 0) is 31.6 Å². The van der Waals surface area contributed by atoms with Gasteiger partial charge in [-0.1, -0.05) is 45.4 Å². The molecule has 0 aliphatic heterocycles. The summed E-state index contributed by atoms with van der Waals surface area (Å²) in [6.07, 6.45) is 11.9. The van der Waals surface area contributed by atoms with E-state index in [9.17, 15) is 9.90 Å². The SMILES string of the molecule is CCCCCCCC[C@H]1CCCc2[nH]c(CO)c(OC)c(=O)c21. The summed E-state index contributed by atoms with van der Waals surface area (Å²) >= 11 is 0. The molecule has 0 saturated heterocycles. The highest BCUT2D eigenvalue weighted by molar-refractivity contribution is 5.38. The number of ether oxygens (including phenoxy) is 1. The third kappa shape index (κ3) is 4.37. The number of hydrogen-bond acceptors (Lipinski definition) is 3. The number of aromatic amines is 1. The van der Waals surface area contributed by atoms with Crippen LogP contribution in [-0.2, 0) is 13.0 Å². The van der Waals surface area contributed by atoms with Gasteiger partial charge >= 0.3 is 0 Å². The summed E-state index contributed by atoms with van der Waals surface area (Å²) in [5.41, 5.74) is 2.43.